The van der Waals surface area contributed by atoms with Crippen molar-refractivity contribution < 1.29 is 17.9 Å². The van der Waals surface area contributed by atoms with Gasteiger partial charge >= 0.3 is 0 Å². The quantitative estimate of drug-likeness (QED) is 0.694. The number of ether oxygens (including phenoxy) is 1. The number of nitrogens with one attached hydrogen (secondary N) is 2. The fraction of sp³-hybridized carbons (Fsp3) is 0.316. The Balaban J connectivity index is 2.06. The van der Waals surface area contributed by atoms with E-state index < -0.39 is 10.0 Å². The highest BCUT2D eigenvalue weighted by Crippen LogP contribution is 2.24. The van der Waals surface area contributed by atoms with Crippen LogP contribution in [0.1, 0.15) is 25.8 Å². The molecule has 0 bridgehead atoms. The lowest BCUT2D eigenvalue weighted by Crippen LogP contribution is -2.35. The van der Waals surface area contributed by atoms with Gasteiger partial charge in [0.05, 0.1) is 4.90 Å². The minimum atomic E-state index is -3.74. The Labute approximate surface area is 164 Å². The van der Waals surface area contributed by atoms with Gasteiger partial charge in [0.1, 0.15) is 5.75 Å². The summed E-state index contributed by atoms with van der Waals surface area (Å²) in [5.41, 5.74) is 1.03. The molecule has 0 spiro atoms. The van der Waals surface area contributed by atoms with Crippen LogP contribution in [0.5, 0.6) is 5.75 Å². The van der Waals surface area contributed by atoms with Crippen molar-refractivity contribution in [2.75, 3.05) is 11.3 Å². The van der Waals surface area contributed by atoms with Gasteiger partial charge in [-0.3, -0.25) is 9.52 Å². The van der Waals surface area contributed by atoms with Gasteiger partial charge in [-0.25, -0.2) is 8.42 Å². The van der Waals surface area contributed by atoms with Crippen LogP contribution < -0.4 is 14.8 Å². The topological polar surface area (TPSA) is 84.5 Å². The lowest BCUT2D eigenvalue weighted by Gasteiger charge is -2.14. The summed E-state index contributed by atoms with van der Waals surface area (Å²) < 4.78 is 33.0. The van der Waals surface area contributed by atoms with E-state index in [9.17, 15) is 13.2 Å². The third kappa shape index (κ3) is 6.15. The van der Waals surface area contributed by atoms with E-state index in [2.05, 4.69) is 10.0 Å². The highest BCUT2D eigenvalue weighted by molar-refractivity contribution is 7.92. The average Bonchev–Trinajstić information content (AvgIpc) is 2.62. The minimum absolute atomic E-state index is 0.0775. The first-order valence-electron chi connectivity index (χ1n) is 8.52. The Hall–Kier alpha value is -2.25. The van der Waals surface area contributed by atoms with E-state index >= 15 is 0 Å². The SMILES string of the molecule is CC[C@H](C)NC(=O)COc1ccc(S(=O)(=O)Nc2ccc(Cl)cc2)cc1C. The van der Waals surface area contributed by atoms with Crippen molar-refractivity contribution in [3.63, 3.8) is 0 Å². The lowest BCUT2D eigenvalue weighted by atomic mass is 10.2. The van der Waals surface area contributed by atoms with Gasteiger partial charge in [0, 0.05) is 16.8 Å². The van der Waals surface area contributed by atoms with Crippen LogP contribution in [0.4, 0.5) is 5.69 Å². The van der Waals surface area contributed by atoms with Gasteiger partial charge in [0.25, 0.3) is 15.9 Å². The first-order valence-corrected chi connectivity index (χ1v) is 10.4. The van der Waals surface area contributed by atoms with Crippen molar-refractivity contribution in [2.24, 2.45) is 0 Å². The van der Waals surface area contributed by atoms with Crippen molar-refractivity contribution >= 4 is 33.2 Å². The molecule has 8 heteroatoms. The molecule has 1 amide bonds. The van der Waals surface area contributed by atoms with E-state index in [1.54, 1.807) is 37.3 Å². The van der Waals surface area contributed by atoms with Gasteiger partial charge in [0.15, 0.2) is 6.61 Å². The summed E-state index contributed by atoms with van der Waals surface area (Å²) in [6, 6.07) is 10.9. The smallest absolute Gasteiger partial charge is 0.261 e. The van der Waals surface area contributed by atoms with Gasteiger partial charge in [-0.15, -0.1) is 0 Å². The standard InChI is InChI=1S/C19H23ClN2O4S/c1-4-14(3)21-19(23)12-26-18-10-9-17(11-13(18)2)27(24,25)22-16-7-5-15(20)6-8-16/h5-11,14,22H,4,12H2,1-3H3,(H,21,23)/t14-/m0/s1. The molecule has 6 nitrogen and oxygen atoms in total. The maximum atomic E-state index is 12.5. The zero-order valence-electron chi connectivity index (χ0n) is 15.5. The molecule has 2 N–H and O–H groups in total. The van der Waals surface area contributed by atoms with Crippen LogP contribution >= 0.6 is 11.6 Å². The molecule has 2 rings (SSSR count). The summed E-state index contributed by atoms with van der Waals surface area (Å²) >= 11 is 5.81. The van der Waals surface area contributed by atoms with Gasteiger partial charge in [-0.05, 0) is 68.3 Å². The molecule has 27 heavy (non-hydrogen) atoms. The number of hydrogen-bond acceptors (Lipinski definition) is 4. The molecule has 0 aliphatic rings. The molecule has 0 heterocycles. The Kier molecular flexibility index (Phi) is 7.10. The second kappa shape index (κ2) is 9.10. The highest BCUT2D eigenvalue weighted by Gasteiger charge is 2.16. The largest absolute Gasteiger partial charge is 0.484 e. The second-order valence-electron chi connectivity index (χ2n) is 6.21. The van der Waals surface area contributed by atoms with Crippen molar-refractivity contribution in [1.29, 1.82) is 0 Å². The van der Waals surface area contributed by atoms with Crippen LogP contribution in [0.2, 0.25) is 5.02 Å². The summed E-state index contributed by atoms with van der Waals surface area (Å²) in [7, 11) is -3.74. The Morgan fingerprint density at radius 2 is 1.85 bits per heavy atom. The van der Waals surface area contributed by atoms with E-state index in [4.69, 9.17) is 16.3 Å². The maximum absolute atomic E-state index is 12.5. The van der Waals surface area contributed by atoms with Crippen LogP contribution in [-0.4, -0.2) is 27.0 Å². The molecule has 146 valence electrons. The van der Waals surface area contributed by atoms with Crippen LogP contribution in [0.25, 0.3) is 0 Å². The molecule has 0 fully saturated rings. The van der Waals surface area contributed by atoms with Gasteiger partial charge in [-0.1, -0.05) is 18.5 Å². The number of anilines is 1. The first-order chi connectivity index (χ1) is 12.7. The molecule has 0 aliphatic heterocycles. The normalized spacial score (nSPS) is 12.3. The highest BCUT2D eigenvalue weighted by atomic mass is 35.5. The summed E-state index contributed by atoms with van der Waals surface area (Å²) in [5, 5.41) is 3.33. The molecule has 2 aromatic rings. The Morgan fingerprint density at radius 1 is 1.19 bits per heavy atom. The number of amides is 1. The Morgan fingerprint density at radius 3 is 2.44 bits per heavy atom. The number of aryl methyl sites for hydroxylation is 1. The van der Waals surface area contributed by atoms with E-state index in [1.807, 2.05) is 13.8 Å². The molecule has 0 radical (unpaired) electrons. The second-order valence-corrected chi connectivity index (χ2v) is 8.32. The number of carbonyl (C=O) groups excluding carboxylic acids is 1. The molecular formula is C19H23ClN2O4S. The van der Waals surface area contributed by atoms with Crippen LogP contribution in [0, 0.1) is 6.92 Å². The van der Waals surface area contributed by atoms with Gasteiger partial charge in [0.2, 0.25) is 0 Å². The fourth-order valence-corrected chi connectivity index (χ4v) is 3.51. The molecule has 1 atom stereocenters. The first kappa shape index (κ1) is 21.1. The van der Waals surface area contributed by atoms with Crippen molar-refractivity contribution in [1.82, 2.24) is 5.32 Å². The third-order valence-electron chi connectivity index (χ3n) is 3.93. The number of hydrogen-bond donors (Lipinski definition) is 2. The molecule has 2 aromatic carbocycles. The van der Waals surface area contributed by atoms with E-state index in [1.165, 1.54) is 12.1 Å². The van der Waals surface area contributed by atoms with Crippen molar-refractivity contribution in [3.8, 4) is 5.75 Å². The minimum Gasteiger partial charge on any atom is -0.484 e. The predicted molar refractivity (Wildman–Crippen MR) is 107 cm³/mol. The molecule has 0 unspecified atom stereocenters. The molecule has 0 aromatic heterocycles. The predicted octanol–water partition coefficient (Wildman–Crippen LogP) is 3.74. The number of benzene rings is 2. The fourth-order valence-electron chi connectivity index (χ4n) is 2.24. The average molecular weight is 411 g/mol. The third-order valence-corrected chi connectivity index (χ3v) is 5.56. The number of rotatable bonds is 8. The van der Waals surface area contributed by atoms with E-state index in [-0.39, 0.29) is 23.5 Å². The zero-order valence-corrected chi connectivity index (χ0v) is 17.0. The molecule has 0 aliphatic carbocycles. The molecule has 0 saturated carbocycles. The number of sulfonamides is 1. The van der Waals surface area contributed by atoms with Crippen LogP contribution in [0.15, 0.2) is 47.4 Å². The maximum Gasteiger partial charge on any atom is 0.261 e. The monoisotopic (exact) mass is 410 g/mol. The Bertz CT molecular complexity index is 898. The molecule has 0 saturated heterocycles. The molecular weight excluding hydrogens is 388 g/mol. The summed E-state index contributed by atoms with van der Waals surface area (Å²) in [5.74, 6) is 0.240. The summed E-state index contributed by atoms with van der Waals surface area (Å²) in [6.07, 6.45) is 0.831. The van der Waals surface area contributed by atoms with Crippen molar-refractivity contribution in [2.45, 2.75) is 38.1 Å². The number of carbonyl (C=O) groups is 1. The summed E-state index contributed by atoms with van der Waals surface area (Å²) in [6.45, 7) is 5.49. The van der Waals surface area contributed by atoms with Crippen LogP contribution in [-0.2, 0) is 14.8 Å². The zero-order chi connectivity index (χ0) is 20.0. The van der Waals surface area contributed by atoms with E-state index in [0.717, 1.165) is 6.42 Å². The van der Waals surface area contributed by atoms with Gasteiger partial charge < -0.3 is 10.1 Å². The van der Waals surface area contributed by atoms with Crippen molar-refractivity contribution in [3.05, 3.63) is 53.1 Å². The van der Waals surface area contributed by atoms with E-state index in [0.29, 0.717) is 22.0 Å². The van der Waals surface area contributed by atoms with Crippen LogP contribution in [0.3, 0.4) is 0 Å². The number of halogens is 1. The van der Waals surface area contributed by atoms with Gasteiger partial charge in [-0.2, -0.15) is 0 Å². The summed E-state index contributed by atoms with van der Waals surface area (Å²) in [4.78, 5) is 11.9. The lowest BCUT2D eigenvalue weighted by molar-refractivity contribution is -0.123.